The quantitative estimate of drug-likeness (QED) is 0.554. The predicted molar refractivity (Wildman–Crippen MR) is 105 cm³/mol. The van der Waals surface area contributed by atoms with Crippen LogP contribution in [0.2, 0.25) is 0 Å². The van der Waals surface area contributed by atoms with Gasteiger partial charge in [0.25, 0.3) is 0 Å². The van der Waals surface area contributed by atoms with Crippen LogP contribution in [0.4, 0.5) is 0 Å². The molecule has 0 spiro atoms. The van der Waals surface area contributed by atoms with Gasteiger partial charge >= 0.3 is 5.97 Å². The number of carboxylic acids is 1. The van der Waals surface area contributed by atoms with Crippen molar-refractivity contribution in [3.63, 3.8) is 0 Å². The smallest absolute Gasteiger partial charge is 0.335 e. The third-order valence-corrected chi connectivity index (χ3v) is 6.25. The van der Waals surface area contributed by atoms with E-state index in [0.717, 1.165) is 11.6 Å². The fourth-order valence-corrected chi connectivity index (χ4v) is 4.80. The van der Waals surface area contributed by atoms with Crippen LogP contribution in [-0.4, -0.2) is 19.5 Å². The van der Waals surface area contributed by atoms with Gasteiger partial charge in [-0.2, -0.15) is 11.3 Å². The zero-order valence-corrected chi connectivity index (χ0v) is 16.3. The number of sulfonamides is 1. The van der Waals surface area contributed by atoms with Gasteiger partial charge in [-0.25, -0.2) is 18.4 Å². The average molecular weight is 422 g/mol. The van der Waals surface area contributed by atoms with Crippen LogP contribution in [-0.2, 0) is 15.8 Å². The first-order chi connectivity index (χ1) is 12.8. The first kappa shape index (κ1) is 19.4. The summed E-state index contributed by atoms with van der Waals surface area (Å²) in [7, 11) is -4.20. The standard InChI is InChI=1S/C18H15NO5S3/c19-27(22,23)16-9-13(18(20)21)8-15(26-11-12-6-7-25-10-12)17(16)24-14-4-2-1-3-5-14/h1-10H,11H2,(H,20,21)(H2,19,22,23). The van der Waals surface area contributed by atoms with Crippen molar-refractivity contribution >= 4 is 39.1 Å². The lowest BCUT2D eigenvalue weighted by Crippen LogP contribution is -2.15. The molecule has 3 N–H and O–H groups in total. The highest BCUT2D eigenvalue weighted by Crippen LogP contribution is 2.40. The predicted octanol–water partition coefficient (Wildman–Crippen LogP) is 4.18. The molecule has 0 fully saturated rings. The van der Waals surface area contributed by atoms with Gasteiger partial charge in [0.2, 0.25) is 10.0 Å². The van der Waals surface area contributed by atoms with Gasteiger partial charge in [-0.3, -0.25) is 0 Å². The minimum absolute atomic E-state index is 0.0222. The van der Waals surface area contributed by atoms with Gasteiger partial charge < -0.3 is 9.84 Å². The second-order valence-electron chi connectivity index (χ2n) is 5.49. The van der Waals surface area contributed by atoms with Gasteiger partial charge in [-0.15, -0.1) is 11.8 Å². The fourth-order valence-electron chi connectivity index (χ4n) is 2.26. The normalized spacial score (nSPS) is 11.3. The maximum Gasteiger partial charge on any atom is 0.335 e. The van der Waals surface area contributed by atoms with Crippen LogP contribution in [0.1, 0.15) is 15.9 Å². The highest BCUT2D eigenvalue weighted by Gasteiger charge is 2.23. The maximum absolute atomic E-state index is 12.1. The number of carbonyl (C=O) groups is 1. The zero-order chi connectivity index (χ0) is 19.4. The van der Waals surface area contributed by atoms with Crippen molar-refractivity contribution in [1.82, 2.24) is 0 Å². The maximum atomic E-state index is 12.1. The minimum Gasteiger partial charge on any atom is -0.478 e. The van der Waals surface area contributed by atoms with Crippen molar-refractivity contribution in [2.24, 2.45) is 5.14 Å². The number of para-hydroxylation sites is 1. The molecule has 0 aliphatic carbocycles. The molecule has 1 heterocycles. The number of benzene rings is 2. The Bertz CT molecular complexity index is 1050. The van der Waals surface area contributed by atoms with Crippen molar-refractivity contribution in [1.29, 1.82) is 0 Å². The molecule has 0 atom stereocenters. The van der Waals surface area contributed by atoms with Crippen molar-refractivity contribution in [3.8, 4) is 11.5 Å². The van der Waals surface area contributed by atoms with Crippen molar-refractivity contribution in [3.05, 3.63) is 70.4 Å². The van der Waals surface area contributed by atoms with Crippen LogP contribution in [0.3, 0.4) is 0 Å². The van der Waals surface area contributed by atoms with E-state index in [0.29, 0.717) is 16.4 Å². The molecule has 3 aromatic rings. The number of rotatable bonds is 7. The van der Waals surface area contributed by atoms with Crippen LogP contribution in [0.15, 0.2) is 69.1 Å². The number of thiophene rings is 1. The molecule has 1 aromatic heterocycles. The SMILES string of the molecule is NS(=O)(=O)c1cc(C(=O)O)cc(SCc2ccsc2)c1Oc1ccccc1. The topological polar surface area (TPSA) is 107 Å². The second kappa shape index (κ2) is 8.13. The molecular weight excluding hydrogens is 406 g/mol. The number of nitrogens with two attached hydrogens (primary N) is 1. The third-order valence-electron chi connectivity index (χ3n) is 3.51. The van der Waals surface area contributed by atoms with E-state index in [1.807, 2.05) is 16.8 Å². The van der Waals surface area contributed by atoms with Gasteiger partial charge in [-0.05, 0) is 46.7 Å². The van der Waals surface area contributed by atoms with E-state index >= 15 is 0 Å². The Morgan fingerprint density at radius 3 is 2.52 bits per heavy atom. The average Bonchev–Trinajstić information content (AvgIpc) is 3.14. The van der Waals surface area contributed by atoms with Gasteiger partial charge in [-0.1, -0.05) is 18.2 Å². The van der Waals surface area contributed by atoms with Gasteiger partial charge in [0.15, 0.2) is 5.75 Å². The van der Waals surface area contributed by atoms with Crippen molar-refractivity contribution in [2.75, 3.05) is 0 Å². The van der Waals surface area contributed by atoms with Gasteiger partial charge in [0.1, 0.15) is 10.6 Å². The highest BCUT2D eigenvalue weighted by molar-refractivity contribution is 7.98. The Balaban J connectivity index is 2.11. The van der Waals surface area contributed by atoms with Crippen molar-refractivity contribution < 1.29 is 23.1 Å². The monoisotopic (exact) mass is 421 g/mol. The number of primary sulfonamides is 1. The van der Waals surface area contributed by atoms with E-state index in [2.05, 4.69) is 0 Å². The molecular formula is C18H15NO5S3. The van der Waals surface area contributed by atoms with Crippen molar-refractivity contribution in [2.45, 2.75) is 15.5 Å². The van der Waals surface area contributed by atoms with E-state index in [-0.39, 0.29) is 16.2 Å². The molecule has 0 saturated carbocycles. The van der Waals surface area contributed by atoms with Crippen LogP contribution in [0.5, 0.6) is 11.5 Å². The Kier molecular flexibility index (Phi) is 5.85. The zero-order valence-electron chi connectivity index (χ0n) is 13.9. The first-order valence-corrected chi connectivity index (χ1v) is 11.1. The van der Waals surface area contributed by atoms with Crippen LogP contribution in [0.25, 0.3) is 0 Å². The largest absolute Gasteiger partial charge is 0.478 e. The molecule has 140 valence electrons. The highest BCUT2D eigenvalue weighted by atomic mass is 32.2. The number of ether oxygens (including phenoxy) is 1. The minimum atomic E-state index is -4.20. The second-order valence-corrected chi connectivity index (χ2v) is 8.81. The molecule has 0 unspecified atom stereocenters. The number of thioether (sulfide) groups is 1. The Labute approximate surface area is 164 Å². The summed E-state index contributed by atoms with van der Waals surface area (Å²) in [6.07, 6.45) is 0. The molecule has 0 aliphatic heterocycles. The summed E-state index contributed by atoms with van der Waals surface area (Å²) in [6.45, 7) is 0. The van der Waals surface area contributed by atoms with E-state index in [4.69, 9.17) is 9.88 Å². The molecule has 0 bridgehead atoms. The van der Waals surface area contributed by atoms with E-state index in [1.54, 1.807) is 41.7 Å². The summed E-state index contributed by atoms with van der Waals surface area (Å²) in [5.74, 6) is -0.276. The molecule has 27 heavy (non-hydrogen) atoms. The fraction of sp³-hybridized carbons (Fsp3) is 0.0556. The Morgan fingerprint density at radius 2 is 1.93 bits per heavy atom. The van der Waals surface area contributed by atoms with Crippen LogP contribution < -0.4 is 9.88 Å². The molecule has 0 aliphatic rings. The lowest BCUT2D eigenvalue weighted by molar-refractivity contribution is 0.0696. The third kappa shape index (κ3) is 4.89. The van der Waals surface area contributed by atoms with Gasteiger partial charge in [0.05, 0.1) is 10.5 Å². The summed E-state index contributed by atoms with van der Waals surface area (Å²) in [5.41, 5.74) is 0.862. The number of carboxylic acid groups (broad SMARTS) is 1. The lowest BCUT2D eigenvalue weighted by Gasteiger charge is -2.15. The van der Waals surface area contributed by atoms with Gasteiger partial charge in [0, 0.05) is 5.75 Å². The number of aromatic carboxylic acids is 1. The Morgan fingerprint density at radius 1 is 1.19 bits per heavy atom. The Hall–Kier alpha value is -2.33. The summed E-state index contributed by atoms with van der Waals surface area (Å²) in [5, 5.41) is 18.6. The molecule has 6 nitrogen and oxygen atoms in total. The van der Waals surface area contributed by atoms with E-state index < -0.39 is 16.0 Å². The lowest BCUT2D eigenvalue weighted by atomic mass is 10.2. The number of hydrogen-bond acceptors (Lipinski definition) is 6. The summed E-state index contributed by atoms with van der Waals surface area (Å²) in [4.78, 5) is 11.5. The van der Waals surface area contributed by atoms with Crippen LogP contribution >= 0.6 is 23.1 Å². The molecule has 2 aromatic carbocycles. The van der Waals surface area contributed by atoms with E-state index in [1.165, 1.54) is 17.8 Å². The molecule has 0 amide bonds. The van der Waals surface area contributed by atoms with Crippen LogP contribution in [0, 0.1) is 0 Å². The number of hydrogen-bond donors (Lipinski definition) is 2. The molecule has 3 rings (SSSR count). The summed E-state index contributed by atoms with van der Waals surface area (Å²) >= 11 is 2.83. The summed E-state index contributed by atoms with van der Waals surface area (Å²) in [6, 6.07) is 13.0. The molecule has 0 saturated heterocycles. The first-order valence-electron chi connectivity index (χ1n) is 7.65. The molecule has 9 heteroatoms. The summed E-state index contributed by atoms with van der Waals surface area (Å²) < 4.78 is 30.0. The van der Waals surface area contributed by atoms with E-state index in [9.17, 15) is 18.3 Å². The molecule has 0 radical (unpaired) electrons.